The van der Waals surface area contributed by atoms with Crippen molar-refractivity contribution < 1.29 is 18.8 Å². The summed E-state index contributed by atoms with van der Waals surface area (Å²) in [5.74, 6) is -1.08. The average molecular weight is 292 g/mol. The van der Waals surface area contributed by atoms with E-state index in [9.17, 15) is 9.59 Å². The third kappa shape index (κ3) is 5.01. The van der Waals surface area contributed by atoms with Crippen LogP contribution in [0.5, 0.6) is 0 Å². The third-order valence-electron chi connectivity index (χ3n) is 2.68. The smallest absolute Gasteiger partial charge is 0.330 e. The molecule has 0 saturated heterocycles. The number of rotatable bonds is 4. The first-order valence-corrected chi connectivity index (χ1v) is 7.99. The van der Waals surface area contributed by atoms with Crippen molar-refractivity contribution in [2.45, 2.75) is 25.8 Å². The second kappa shape index (κ2) is 7.05. The Hall–Kier alpha value is -1.88. The summed E-state index contributed by atoms with van der Waals surface area (Å²) in [5.41, 5.74) is 0. The van der Waals surface area contributed by atoms with Crippen LogP contribution in [0.3, 0.4) is 0 Å². The van der Waals surface area contributed by atoms with Crippen molar-refractivity contribution in [1.29, 1.82) is 0 Å². The molecule has 1 atom stereocenters. The number of carbonyl (C=O) groups is 2. The number of carbonyl (C=O) groups excluding carboxylic acids is 2. The minimum atomic E-state index is -1.96. The molecule has 20 heavy (non-hydrogen) atoms. The second-order valence-corrected chi connectivity index (χ2v) is 8.84. The Balaban J connectivity index is 2.85. The molecule has 4 nitrogen and oxygen atoms in total. The topological polar surface area (TPSA) is 52.6 Å². The molecule has 0 saturated carbocycles. The van der Waals surface area contributed by atoms with E-state index in [1.165, 1.54) is 7.11 Å². The van der Waals surface area contributed by atoms with Crippen LogP contribution in [0.1, 0.15) is 20.8 Å². The molecule has 0 heterocycles. The van der Waals surface area contributed by atoms with Gasteiger partial charge in [0, 0.05) is 12.2 Å². The van der Waals surface area contributed by atoms with Crippen LogP contribution in [0, 0.1) is 0 Å². The van der Waals surface area contributed by atoms with Gasteiger partial charge in [0.1, 0.15) is 0 Å². The number of hydrogen-bond donors (Lipinski definition) is 0. The van der Waals surface area contributed by atoms with Gasteiger partial charge in [-0.3, -0.25) is 0 Å². The lowest BCUT2D eigenvalue weighted by molar-refractivity contribution is -0.135. The molecule has 0 spiro atoms. The highest BCUT2D eigenvalue weighted by atomic mass is 28.3. The van der Waals surface area contributed by atoms with Gasteiger partial charge in [-0.05, 0) is 10.2 Å². The molecule has 0 N–H and O–H groups in total. The molecule has 0 fully saturated rings. The normalized spacial score (nSPS) is 13.0. The van der Waals surface area contributed by atoms with Crippen molar-refractivity contribution in [1.82, 2.24) is 0 Å². The van der Waals surface area contributed by atoms with E-state index >= 15 is 0 Å². The van der Waals surface area contributed by atoms with E-state index in [-0.39, 0.29) is 5.04 Å². The second-order valence-electron chi connectivity index (χ2n) is 5.45. The van der Waals surface area contributed by atoms with Gasteiger partial charge in [0.25, 0.3) is 9.04 Å². The molecular formula is C15H20O4Si. The van der Waals surface area contributed by atoms with Crippen LogP contribution in [-0.2, 0) is 18.8 Å². The number of ether oxygens (including phenoxy) is 1. The van der Waals surface area contributed by atoms with Crippen molar-refractivity contribution >= 4 is 26.2 Å². The first-order chi connectivity index (χ1) is 9.34. The zero-order chi connectivity index (χ0) is 15.2. The van der Waals surface area contributed by atoms with Crippen LogP contribution >= 0.6 is 0 Å². The molecule has 5 heteroatoms. The number of benzene rings is 1. The van der Waals surface area contributed by atoms with Gasteiger partial charge in [0.05, 0.1) is 7.11 Å². The molecule has 0 radical (unpaired) electrons. The molecule has 1 aromatic carbocycles. The lowest BCUT2D eigenvalue weighted by atomic mass is 10.2. The highest BCUT2D eigenvalue weighted by Crippen LogP contribution is 2.27. The molecule has 0 aliphatic carbocycles. The Morgan fingerprint density at radius 1 is 1.05 bits per heavy atom. The minimum Gasteiger partial charge on any atom is -0.514 e. The highest BCUT2D eigenvalue weighted by molar-refractivity contribution is 6.71. The van der Waals surface area contributed by atoms with Gasteiger partial charge in [-0.25, -0.2) is 9.59 Å². The number of hydrogen-bond acceptors (Lipinski definition) is 4. The Labute approximate surface area is 121 Å². The Morgan fingerprint density at radius 2 is 1.60 bits per heavy atom. The van der Waals surface area contributed by atoms with Crippen molar-refractivity contribution in [2.24, 2.45) is 0 Å². The highest BCUT2D eigenvalue weighted by Gasteiger charge is 2.32. The van der Waals surface area contributed by atoms with Crippen LogP contribution in [-0.4, -0.2) is 28.1 Å². The molecule has 0 aliphatic rings. The fraction of sp³-hybridized carbons (Fsp3) is 0.333. The standard InChI is InChI=1S/C15H20O4Si/c1-15(2,3)20(12-8-6-5-7-9-12)19-14(17)11-10-13(16)18-4/h5-11,20H,1-4H3/b11-10-. The summed E-state index contributed by atoms with van der Waals surface area (Å²) in [6, 6.07) is 9.73. The average Bonchev–Trinajstić information content (AvgIpc) is 2.41. The predicted molar refractivity (Wildman–Crippen MR) is 80.2 cm³/mol. The third-order valence-corrected chi connectivity index (χ3v) is 5.71. The Morgan fingerprint density at radius 3 is 2.10 bits per heavy atom. The lowest BCUT2D eigenvalue weighted by Crippen LogP contribution is -2.42. The van der Waals surface area contributed by atoms with Gasteiger partial charge in [-0.15, -0.1) is 0 Å². The molecule has 0 amide bonds. The summed E-state index contributed by atoms with van der Waals surface area (Å²) < 4.78 is 10.0. The Bertz CT molecular complexity index is 488. The number of methoxy groups -OCH3 is 1. The van der Waals surface area contributed by atoms with E-state index in [4.69, 9.17) is 4.43 Å². The van der Waals surface area contributed by atoms with Crippen LogP contribution in [0.15, 0.2) is 42.5 Å². The molecule has 1 unspecified atom stereocenters. The molecule has 0 aliphatic heterocycles. The van der Waals surface area contributed by atoms with Crippen molar-refractivity contribution in [3.63, 3.8) is 0 Å². The van der Waals surface area contributed by atoms with Gasteiger partial charge >= 0.3 is 11.9 Å². The fourth-order valence-electron chi connectivity index (χ4n) is 1.73. The zero-order valence-electron chi connectivity index (χ0n) is 12.3. The summed E-state index contributed by atoms with van der Waals surface area (Å²) in [6.07, 6.45) is 2.18. The summed E-state index contributed by atoms with van der Waals surface area (Å²) >= 11 is 0. The first-order valence-electron chi connectivity index (χ1n) is 6.36. The quantitative estimate of drug-likeness (QED) is 0.481. The SMILES string of the molecule is COC(=O)/C=C\C(=O)O[SiH](c1ccccc1)C(C)(C)C. The summed E-state index contributed by atoms with van der Waals surface area (Å²) in [5, 5.41) is 0.940. The van der Waals surface area contributed by atoms with E-state index in [0.717, 1.165) is 17.3 Å². The maximum Gasteiger partial charge on any atom is 0.330 e. The summed E-state index contributed by atoms with van der Waals surface area (Å²) in [4.78, 5) is 22.8. The van der Waals surface area contributed by atoms with E-state index < -0.39 is 21.0 Å². The van der Waals surface area contributed by atoms with Crippen LogP contribution in [0.25, 0.3) is 0 Å². The minimum absolute atomic E-state index is 0.115. The molecule has 1 aromatic rings. The maximum absolute atomic E-state index is 11.8. The molecule has 1 rings (SSSR count). The maximum atomic E-state index is 11.8. The van der Waals surface area contributed by atoms with Crippen LogP contribution in [0.4, 0.5) is 0 Å². The van der Waals surface area contributed by atoms with Gasteiger partial charge in [-0.2, -0.15) is 0 Å². The fourth-order valence-corrected chi connectivity index (χ4v) is 4.10. The summed E-state index contributed by atoms with van der Waals surface area (Å²) in [7, 11) is -0.704. The lowest BCUT2D eigenvalue weighted by Gasteiger charge is -2.28. The monoisotopic (exact) mass is 292 g/mol. The Kier molecular flexibility index (Phi) is 5.70. The van der Waals surface area contributed by atoms with Gasteiger partial charge in [0.2, 0.25) is 0 Å². The number of esters is 1. The molecule has 0 aromatic heterocycles. The van der Waals surface area contributed by atoms with Crippen molar-refractivity contribution in [3.8, 4) is 0 Å². The van der Waals surface area contributed by atoms with Gasteiger partial charge < -0.3 is 9.16 Å². The molecule has 0 bridgehead atoms. The zero-order valence-corrected chi connectivity index (χ0v) is 13.4. The molecular weight excluding hydrogens is 272 g/mol. The van der Waals surface area contributed by atoms with Gasteiger partial charge in [-0.1, -0.05) is 51.1 Å². The molecule has 108 valence electrons. The van der Waals surface area contributed by atoms with E-state index in [0.29, 0.717) is 0 Å². The van der Waals surface area contributed by atoms with E-state index in [2.05, 4.69) is 4.74 Å². The predicted octanol–water partition coefficient (Wildman–Crippen LogP) is 1.69. The van der Waals surface area contributed by atoms with Crippen molar-refractivity contribution in [3.05, 3.63) is 42.5 Å². The van der Waals surface area contributed by atoms with Gasteiger partial charge in [0.15, 0.2) is 0 Å². The van der Waals surface area contributed by atoms with Crippen LogP contribution in [0.2, 0.25) is 5.04 Å². The largest absolute Gasteiger partial charge is 0.514 e. The van der Waals surface area contributed by atoms with E-state index in [1.54, 1.807) is 0 Å². The van der Waals surface area contributed by atoms with E-state index in [1.807, 2.05) is 51.1 Å². The van der Waals surface area contributed by atoms with Crippen LogP contribution < -0.4 is 5.19 Å². The summed E-state index contributed by atoms with van der Waals surface area (Å²) in [6.45, 7) is 6.15. The first kappa shape index (κ1) is 16.2. The van der Waals surface area contributed by atoms with Crippen molar-refractivity contribution in [2.75, 3.05) is 7.11 Å².